The number of carbonyl (C=O) groups excluding carboxylic acids is 1. The minimum Gasteiger partial charge on any atom is -0.378 e. The molecule has 0 N–H and O–H groups in total. The van der Waals surface area contributed by atoms with Crippen molar-refractivity contribution in [1.82, 2.24) is 19.8 Å². The van der Waals surface area contributed by atoms with Gasteiger partial charge in [-0.25, -0.2) is 4.98 Å². The lowest BCUT2D eigenvalue weighted by Gasteiger charge is -2.28. The summed E-state index contributed by atoms with van der Waals surface area (Å²) in [6.45, 7) is 8.84. The molecule has 28 heavy (non-hydrogen) atoms. The van der Waals surface area contributed by atoms with E-state index in [4.69, 9.17) is 9.72 Å². The normalized spacial score (nSPS) is 14.9. The van der Waals surface area contributed by atoms with Crippen molar-refractivity contribution in [2.75, 3.05) is 65.4 Å². The predicted octanol–water partition coefficient (Wildman–Crippen LogP) is 2.22. The Morgan fingerprint density at radius 2 is 1.89 bits per heavy atom. The van der Waals surface area contributed by atoms with E-state index in [0.29, 0.717) is 25.3 Å². The lowest BCUT2D eigenvalue weighted by molar-refractivity contribution is 0.0786. The standard InChI is InChI=1S/C21H31N5O2/c1-15(2)17-12-16(21(27)25(5)7-6-24(3)4)13-18-20(17)23-19(14-22-18)26-8-10-28-11-9-26/h12-15H,6-11H2,1-5H3. The zero-order chi connectivity index (χ0) is 20.3. The van der Waals surface area contributed by atoms with Crippen molar-refractivity contribution in [1.29, 1.82) is 0 Å². The molecule has 2 aromatic rings. The minimum atomic E-state index is 0.0182. The number of fused-ring (bicyclic) bond motifs is 1. The zero-order valence-corrected chi connectivity index (χ0v) is 17.6. The summed E-state index contributed by atoms with van der Waals surface area (Å²) in [6.07, 6.45) is 1.81. The summed E-state index contributed by atoms with van der Waals surface area (Å²) in [6, 6.07) is 3.85. The highest BCUT2D eigenvalue weighted by Gasteiger charge is 2.19. The molecule has 0 unspecified atom stereocenters. The molecular weight excluding hydrogens is 354 g/mol. The first-order chi connectivity index (χ1) is 13.4. The van der Waals surface area contributed by atoms with Gasteiger partial charge in [-0.05, 0) is 37.7 Å². The van der Waals surface area contributed by atoms with E-state index >= 15 is 0 Å². The van der Waals surface area contributed by atoms with E-state index in [1.165, 1.54) is 0 Å². The largest absolute Gasteiger partial charge is 0.378 e. The molecular formula is C21H31N5O2. The molecule has 1 amide bonds. The van der Waals surface area contributed by atoms with Crippen LogP contribution in [-0.2, 0) is 4.74 Å². The van der Waals surface area contributed by atoms with Gasteiger partial charge in [0, 0.05) is 38.8 Å². The van der Waals surface area contributed by atoms with Crippen molar-refractivity contribution in [3.05, 3.63) is 29.5 Å². The van der Waals surface area contributed by atoms with Gasteiger partial charge in [-0.3, -0.25) is 9.78 Å². The third kappa shape index (κ3) is 4.59. The number of hydrogen-bond donors (Lipinski definition) is 0. The van der Waals surface area contributed by atoms with Crippen molar-refractivity contribution in [3.63, 3.8) is 0 Å². The van der Waals surface area contributed by atoms with E-state index in [0.717, 1.165) is 42.0 Å². The fraction of sp³-hybridized carbons (Fsp3) is 0.571. The molecule has 0 radical (unpaired) electrons. The summed E-state index contributed by atoms with van der Waals surface area (Å²) in [4.78, 5) is 28.5. The van der Waals surface area contributed by atoms with Gasteiger partial charge in [0.1, 0.15) is 5.82 Å². The molecule has 0 atom stereocenters. The molecule has 0 spiro atoms. The molecule has 1 aliphatic rings. The number of amides is 1. The number of morpholine rings is 1. The molecule has 0 bridgehead atoms. The fourth-order valence-corrected chi connectivity index (χ4v) is 3.31. The van der Waals surface area contributed by atoms with E-state index in [1.54, 1.807) is 4.90 Å². The van der Waals surface area contributed by atoms with Crippen LogP contribution >= 0.6 is 0 Å². The molecule has 7 nitrogen and oxygen atoms in total. The number of likely N-dealkylation sites (N-methyl/N-ethyl adjacent to an activating group) is 2. The molecule has 1 aromatic heterocycles. The van der Waals surface area contributed by atoms with Crippen molar-refractivity contribution < 1.29 is 9.53 Å². The van der Waals surface area contributed by atoms with Gasteiger partial charge in [0.25, 0.3) is 5.91 Å². The number of hydrogen-bond acceptors (Lipinski definition) is 6. The fourth-order valence-electron chi connectivity index (χ4n) is 3.31. The van der Waals surface area contributed by atoms with Crippen LogP contribution in [0.4, 0.5) is 5.82 Å². The Morgan fingerprint density at radius 1 is 1.18 bits per heavy atom. The summed E-state index contributed by atoms with van der Waals surface area (Å²) in [7, 11) is 5.86. The number of anilines is 1. The SMILES string of the molecule is CC(C)c1cc(C(=O)N(C)CCN(C)C)cc2ncc(N3CCOCC3)nc12. The molecule has 0 aliphatic carbocycles. The number of ether oxygens (including phenoxy) is 1. The van der Waals surface area contributed by atoms with Crippen molar-refractivity contribution >= 4 is 22.8 Å². The second kappa shape index (κ2) is 8.84. The van der Waals surface area contributed by atoms with Gasteiger partial charge in [-0.2, -0.15) is 0 Å². The number of benzene rings is 1. The van der Waals surface area contributed by atoms with Gasteiger partial charge < -0.3 is 19.4 Å². The van der Waals surface area contributed by atoms with Crippen molar-refractivity contribution in [3.8, 4) is 0 Å². The summed E-state index contributed by atoms with van der Waals surface area (Å²) in [5.41, 5.74) is 3.38. The second-order valence-electron chi connectivity index (χ2n) is 7.95. The molecule has 0 saturated carbocycles. The van der Waals surface area contributed by atoms with Crippen LogP contribution in [0.5, 0.6) is 0 Å². The topological polar surface area (TPSA) is 61.8 Å². The smallest absolute Gasteiger partial charge is 0.253 e. The molecule has 7 heteroatoms. The van der Waals surface area contributed by atoms with E-state index in [2.05, 4.69) is 28.6 Å². The van der Waals surface area contributed by atoms with Crippen LogP contribution in [0.2, 0.25) is 0 Å². The summed E-state index contributed by atoms with van der Waals surface area (Å²) in [5, 5.41) is 0. The Balaban J connectivity index is 1.94. The lowest BCUT2D eigenvalue weighted by Crippen LogP contribution is -2.36. The monoisotopic (exact) mass is 385 g/mol. The van der Waals surface area contributed by atoms with Crippen molar-refractivity contribution in [2.24, 2.45) is 0 Å². The molecule has 1 aliphatic heterocycles. The first-order valence-corrected chi connectivity index (χ1v) is 9.90. The maximum absolute atomic E-state index is 12.9. The second-order valence-corrected chi connectivity index (χ2v) is 7.95. The van der Waals surface area contributed by atoms with Gasteiger partial charge in [0.15, 0.2) is 0 Å². The van der Waals surface area contributed by atoms with Crippen LogP contribution < -0.4 is 4.90 Å². The minimum absolute atomic E-state index is 0.0182. The van der Waals surface area contributed by atoms with Gasteiger partial charge in [0.2, 0.25) is 0 Å². The predicted molar refractivity (Wildman–Crippen MR) is 112 cm³/mol. The number of aromatic nitrogens is 2. The Morgan fingerprint density at radius 3 is 2.54 bits per heavy atom. The van der Waals surface area contributed by atoms with Gasteiger partial charge in [-0.1, -0.05) is 13.8 Å². The first kappa shape index (κ1) is 20.5. The van der Waals surface area contributed by atoms with E-state index in [-0.39, 0.29) is 11.8 Å². The van der Waals surface area contributed by atoms with Crippen LogP contribution in [0.15, 0.2) is 18.3 Å². The number of rotatable bonds is 6. The van der Waals surface area contributed by atoms with Crippen LogP contribution in [-0.4, -0.2) is 86.2 Å². The first-order valence-electron chi connectivity index (χ1n) is 9.90. The molecule has 1 fully saturated rings. The van der Waals surface area contributed by atoms with Gasteiger partial charge in [0.05, 0.1) is 30.4 Å². The maximum atomic E-state index is 12.9. The maximum Gasteiger partial charge on any atom is 0.253 e. The van der Waals surface area contributed by atoms with Crippen LogP contribution in [0.3, 0.4) is 0 Å². The third-order valence-corrected chi connectivity index (χ3v) is 5.10. The van der Waals surface area contributed by atoms with Crippen LogP contribution in [0.1, 0.15) is 35.7 Å². The van der Waals surface area contributed by atoms with Gasteiger partial charge in [-0.15, -0.1) is 0 Å². The Kier molecular flexibility index (Phi) is 6.46. The average Bonchev–Trinajstić information content (AvgIpc) is 2.70. The molecule has 3 rings (SSSR count). The lowest BCUT2D eigenvalue weighted by atomic mass is 9.98. The van der Waals surface area contributed by atoms with E-state index in [9.17, 15) is 4.79 Å². The molecule has 1 saturated heterocycles. The average molecular weight is 386 g/mol. The highest BCUT2D eigenvalue weighted by molar-refractivity contribution is 5.98. The highest BCUT2D eigenvalue weighted by Crippen LogP contribution is 2.27. The summed E-state index contributed by atoms with van der Waals surface area (Å²) >= 11 is 0. The van der Waals surface area contributed by atoms with Crippen LogP contribution in [0.25, 0.3) is 11.0 Å². The summed E-state index contributed by atoms with van der Waals surface area (Å²) < 4.78 is 5.43. The molecule has 2 heterocycles. The Labute approximate surface area is 167 Å². The number of carbonyl (C=O) groups is 1. The van der Waals surface area contributed by atoms with Crippen molar-refractivity contribution in [2.45, 2.75) is 19.8 Å². The highest BCUT2D eigenvalue weighted by atomic mass is 16.5. The quantitative estimate of drug-likeness (QED) is 0.760. The third-order valence-electron chi connectivity index (χ3n) is 5.10. The Hall–Kier alpha value is -2.25. The number of nitrogens with zero attached hydrogens (tertiary/aromatic N) is 5. The summed E-state index contributed by atoms with van der Waals surface area (Å²) in [5.74, 6) is 1.14. The zero-order valence-electron chi connectivity index (χ0n) is 17.6. The Bertz CT molecular complexity index is 831. The molecule has 1 aromatic carbocycles. The van der Waals surface area contributed by atoms with E-state index in [1.807, 2.05) is 39.5 Å². The van der Waals surface area contributed by atoms with E-state index < -0.39 is 0 Å². The van der Waals surface area contributed by atoms with Gasteiger partial charge >= 0.3 is 0 Å². The van der Waals surface area contributed by atoms with Crippen LogP contribution in [0, 0.1) is 0 Å². The molecule has 152 valence electrons.